The van der Waals surface area contributed by atoms with E-state index in [4.69, 9.17) is 71.2 Å². The molecular formula is C51H109N3O19S. The summed E-state index contributed by atoms with van der Waals surface area (Å²) in [6.07, 6.45) is 12.4. The Morgan fingerprint density at radius 2 is 1.04 bits per heavy atom. The molecule has 0 aromatic rings. The number of nitrogens with one attached hydrogen (secondary N) is 1. The van der Waals surface area contributed by atoms with Gasteiger partial charge in [0.25, 0.3) is 10.1 Å². The number of aliphatic hydroxyl groups excluding tert-OH is 3. The van der Waals surface area contributed by atoms with Crippen LogP contribution in [0.5, 0.6) is 0 Å². The number of methoxy groups -OCH3 is 6. The van der Waals surface area contributed by atoms with Crippen molar-refractivity contribution in [3.8, 4) is 0 Å². The van der Waals surface area contributed by atoms with E-state index in [1.54, 1.807) is 28.4 Å². The minimum absolute atomic E-state index is 0.0727. The maximum absolute atomic E-state index is 10.9. The minimum atomic E-state index is -3.41. The molecule has 0 aromatic carbocycles. The maximum Gasteiger partial charge on any atom is 0.264 e. The Balaban J connectivity index is -0.000000903. The lowest BCUT2D eigenvalue weighted by Crippen LogP contribution is -2.38. The highest BCUT2D eigenvalue weighted by Gasteiger charge is 2.28. The number of carbonyl (C=O) groups excluding carboxylic acids is 1. The summed E-state index contributed by atoms with van der Waals surface area (Å²) < 4.78 is 91.5. The zero-order valence-corrected chi connectivity index (χ0v) is 49.1. The first-order chi connectivity index (χ1) is 35.6. The summed E-state index contributed by atoms with van der Waals surface area (Å²) in [7, 11) is 13.1. The fourth-order valence-corrected chi connectivity index (χ4v) is 7.67. The zero-order chi connectivity index (χ0) is 56.3. The van der Waals surface area contributed by atoms with Gasteiger partial charge in [-0.05, 0) is 144 Å². The van der Waals surface area contributed by atoms with Crippen molar-refractivity contribution in [2.75, 3.05) is 156 Å². The zero-order valence-electron chi connectivity index (χ0n) is 48.2. The topological polar surface area (TPSA) is 250 Å². The number of rotatable bonds is 41. The monoisotopic (exact) mass is 1100 g/mol. The van der Waals surface area contributed by atoms with E-state index in [1.165, 1.54) is 20.6 Å². The van der Waals surface area contributed by atoms with Crippen molar-refractivity contribution in [1.82, 2.24) is 15.1 Å². The van der Waals surface area contributed by atoms with Crippen molar-refractivity contribution >= 4 is 16.4 Å². The van der Waals surface area contributed by atoms with E-state index >= 15 is 0 Å². The van der Waals surface area contributed by atoms with Gasteiger partial charge in [0.2, 0.25) is 0 Å². The number of aldehydes is 1. The van der Waals surface area contributed by atoms with Gasteiger partial charge in [-0.15, -0.1) is 0 Å². The SMILES string of the molecule is CCCOCCN(C)CCCC(O)C(OC)OC.CCCOCCN(C)CCCC(O)C=O.CNCCCC(OC1CCCCO1)C(OC)OC.CO.COC(OC)C(CCCOS(C)(=O)=O)OC1CCCCO1. The standard InChI is InChI=1S/C13H27NO4.C13H29NO4.C13H26O7S.C11H23NO3.CH4O/c1-14-9-6-7-11(13(15-2)16-3)18-12-8-4-5-10-17-12;1-5-10-18-11-9-14(2)8-6-7-12(15)13(16-3)17-4;1-16-13(17-2)11(7-6-10-19-21(3,14)15)20-12-8-4-5-9-18-12;1-3-8-15-9-7-12(2)6-4-5-11(14)10-13;1-2/h11-14H,4-10H2,1-3H3;12-13,15H,5-11H2,1-4H3;11-13H,4-10H2,1-3H3;10-11,14H,3-9H2,1-2H3;2H,1H3. The van der Waals surface area contributed by atoms with E-state index in [1.807, 2.05) is 14.1 Å². The third-order valence-electron chi connectivity index (χ3n) is 11.3. The smallest absolute Gasteiger partial charge is 0.264 e. The third kappa shape index (κ3) is 46.9. The van der Waals surface area contributed by atoms with E-state index in [0.717, 1.165) is 150 Å². The molecule has 0 amide bonds. The highest BCUT2D eigenvalue weighted by molar-refractivity contribution is 7.85. The normalized spacial score (nSPS) is 17.6. The number of nitrogens with zero attached hydrogens (tertiary/aromatic N) is 2. The van der Waals surface area contributed by atoms with Gasteiger partial charge in [0, 0.05) is 89.3 Å². The first kappa shape index (κ1) is 77.1. The molecule has 6 unspecified atom stereocenters. The van der Waals surface area contributed by atoms with Gasteiger partial charge in [-0.1, -0.05) is 13.8 Å². The van der Waals surface area contributed by atoms with Gasteiger partial charge in [0.15, 0.2) is 31.5 Å². The van der Waals surface area contributed by atoms with Gasteiger partial charge in [-0.2, -0.15) is 8.42 Å². The van der Waals surface area contributed by atoms with Crippen LogP contribution in [-0.2, 0) is 75.9 Å². The summed E-state index contributed by atoms with van der Waals surface area (Å²) in [5, 5.41) is 28.9. The molecule has 0 aliphatic carbocycles. The number of ether oxygens (including phenoxy) is 12. The van der Waals surface area contributed by atoms with Crippen molar-refractivity contribution in [3.63, 3.8) is 0 Å². The summed E-state index contributed by atoms with van der Waals surface area (Å²) in [6.45, 7) is 13.6. The van der Waals surface area contributed by atoms with Crippen LogP contribution in [0, 0.1) is 0 Å². The molecule has 0 bridgehead atoms. The second-order valence-electron chi connectivity index (χ2n) is 17.8. The summed E-state index contributed by atoms with van der Waals surface area (Å²) >= 11 is 0. The predicted molar refractivity (Wildman–Crippen MR) is 285 cm³/mol. The van der Waals surface area contributed by atoms with Gasteiger partial charge >= 0.3 is 0 Å². The second kappa shape index (κ2) is 55.2. The van der Waals surface area contributed by atoms with Gasteiger partial charge in [0.05, 0.1) is 26.1 Å². The van der Waals surface area contributed by atoms with Gasteiger partial charge < -0.3 is 92.1 Å². The molecular weight excluding hydrogens is 991 g/mol. The van der Waals surface area contributed by atoms with Crippen molar-refractivity contribution in [3.05, 3.63) is 0 Å². The Labute approximate surface area is 448 Å². The maximum atomic E-state index is 10.9. The highest BCUT2D eigenvalue weighted by Crippen LogP contribution is 2.22. The van der Waals surface area contributed by atoms with Crippen molar-refractivity contribution in [2.45, 2.75) is 172 Å². The molecule has 2 heterocycles. The molecule has 6 atom stereocenters. The van der Waals surface area contributed by atoms with Crippen LogP contribution >= 0.6 is 0 Å². The molecule has 2 rings (SSSR count). The number of likely N-dealkylation sites (N-methyl/N-ethyl adjacent to an activating group) is 2. The van der Waals surface area contributed by atoms with Crippen LogP contribution in [0.25, 0.3) is 0 Å². The minimum Gasteiger partial charge on any atom is -0.400 e. The Hall–Kier alpha value is -1.14. The number of carbonyl (C=O) groups is 1. The van der Waals surface area contributed by atoms with E-state index in [-0.39, 0.29) is 37.7 Å². The fraction of sp³-hybridized carbons (Fsp3) is 0.980. The molecule has 2 aliphatic rings. The Kier molecular flexibility index (Phi) is 57.5. The average molecular weight is 1100 g/mol. The highest BCUT2D eigenvalue weighted by atomic mass is 32.2. The third-order valence-corrected chi connectivity index (χ3v) is 11.9. The van der Waals surface area contributed by atoms with Crippen LogP contribution < -0.4 is 5.32 Å². The molecule has 22 nitrogen and oxygen atoms in total. The van der Waals surface area contributed by atoms with Crippen LogP contribution in [0.4, 0.5) is 0 Å². The largest absolute Gasteiger partial charge is 0.400 e. The average Bonchev–Trinajstić information content (AvgIpc) is 3.40. The van der Waals surface area contributed by atoms with E-state index in [9.17, 15) is 18.3 Å². The van der Waals surface area contributed by atoms with E-state index in [0.29, 0.717) is 38.6 Å². The van der Waals surface area contributed by atoms with Crippen LogP contribution in [0.2, 0.25) is 0 Å². The van der Waals surface area contributed by atoms with Crippen molar-refractivity contribution < 1.29 is 89.6 Å². The lowest BCUT2D eigenvalue weighted by Gasteiger charge is -2.31. The predicted octanol–water partition coefficient (Wildman–Crippen LogP) is 4.19. The van der Waals surface area contributed by atoms with Crippen LogP contribution in [-0.4, -0.2) is 252 Å². The van der Waals surface area contributed by atoms with Gasteiger partial charge in [0.1, 0.15) is 30.7 Å². The molecule has 0 radical (unpaired) electrons. The molecule has 448 valence electrons. The van der Waals surface area contributed by atoms with Crippen molar-refractivity contribution in [1.29, 1.82) is 0 Å². The molecule has 2 saturated heterocycles. The van der Waals surface area contributed by atoms with Crippen LogP contribution in [0.15, 0.2) is 0 Å². The molecule has 74 heavy (non-hydrogen) atoms. The molecule has 0 aromatic heterocycles. The second-order valence-corrected chi connectivity index (χ2v) is 19.4. The number of aliphatic hydroxyl groups is 3. The molecule has 0 spiro atoms. The molecule has 23 heteroatoms. The fourth-order valence-electron chi connectivity index (χ4n) is 7.25. The molecule has 0 saturated carbocycles. The van der Waals surface area contributed by atoms with Crippen molar-refractivity contribution in [2.24, 2.45) is 0 Å². The first-order valence-electron chi connectivity index (χ1n) is 26.6. The summed E-state index contributed by atoms with van der Waals surface area (Å²) in [4.78, 5) is 14.5. The Morgan fingerprint density at radius 3 is 1.41 bits per heavy atom. The Morgan fingerprint density at radius 1 is 0.608 bits per heavy atom. The van der Waals surface area contributed by atoms with E-state index < -0.39 is 34.9 Å². The molecule has 4 N–H and O–H groups in total. The van der Waals surface area contributed by atoms with Gasteiger partial charge in [-0.25, -0.2) is 0 Å². The summed E-state index contributed by atoms with van der Waals surface area (Å²) in [5.41, 5.74) is 0. The van der Waals surface area contributed by atoms with Crippen LogP contribution in [0.3, 0.4) is 0 Å². The molecule has 2 aliphatic heterocycles. The Bertz CT molecular complexity index is 1250. The quantitative estimate of drug-likeness (QED) is 0.0290. The van der Waals surface area contributed by atoms with E-state index in [2.05, 4.69) is 36.0 Å². The van der Waals surface area contributed by atoms with Crippen LogP contribution in [0.1, 0.15) is 117 Å². The number of hydrogen-bond donors (Lipinski definition) is 4. The summed E-state index contributed by atoms with van der Waals surface area (Å²) in [5.74, 6) is 0. The first-order valence-corrected chi connectivity index (χ1v) is 28.4. The lowest BCUT2D eigenvalue weighted by molar-refractivity contribution is -0.252. The summed E-state index contributed by atoms with van der Waals surface area (Å²) in [6, 6.07) is 0. The lowest BCUT2D eigenvalue weighted by atomic mass is 10.1. The number of hydrogen-bond acceptors (Lipinski definition) is 22. The molecule has 2 fully saturated rings. The van der Waals surface area contributed by atoms with Gasteiger partial charge in [-0.3, -0.25) is 4.18 Å².